The molecule has 0 N–H and O–H groups in total. The number of hydrogen-bond donors (Lipinski definition) is 0. The van der Waals surface area contributed by atoms with Crippen LogP contribution in [0.1, 0.15) is 20.3 Å². The molecule has 1 fully saturated rings. The van der Waals surface area contributed by atoms with Gasteiger partial charge in [0.05, 0.1) is 11.5 Å². The highest BCUT2D eigenvalue weighted by Gasteiger charge is 2.49. The van der Waals surface area contributed by atoms with Gasteiger partial charge in [0.15, 0.2) is 9.84 Å². The van der Waals surface area contributed by atoms with E-state index in [1.54, 1.807) is 0 Å². The van der Waals surface area contributed by atoms with Gasteiger partial charge >= 0.3 is 0 Å². The molecule has 13 heavy (non-hydrogen) atoms. The molecule has 0 aromatic rings. The van der Waals surface area contributed by atoms with Crippen molar-refractivity contribution in [3.05, 3.63) is 12.2 Å². The summed E-state index contributed by atoms with van der Waals surface area (Å²) in [6.07, 6.45) is 5.25. The highest BCUT2D eigenvalue weighted by Crippen LogP contribution is 2.48. The molecule has 0 radical (unpaired) electrons. The predicted molar refractivity (Wildman–Crippen MR) is 53.2 cm³/mol. The fraction of sp³-hybridized carbons (Fsp3) is 0.800. The van der Waals surface area contributed by atoms with Gasteiger partial charge in [-0.1, -0.05) is 26.0 Å². The fourth-order valence-electron chi connectivity index (χ4n) is 2.65. The minimum atomic E-state index is -2.76. The molecule has 1 aliphatic carbocycles. The molecule has 3 heteroatoms. The van der Waals surface area contributed by atoms with Crippen molar-refractivity contribution in [2.24, 2.45) is 17.3 Å². The molecule has 0 spiro atoms. The van der Waals surface area contributed by atoms with Gasteiger partial charge in [-0.25, -0.2) is 8.42 Å². The van der Waals surface area contributed by atoms with Crippen LogP contribution in [0.15, 0.2) is 12.2 Å². The van der Waals surface area contributed by atoms with E-state index in [9.17, 15) is 8.42 Å². The lowest BCUT2D eigenvalue weighted by atomic mass is 9.67. The summed E-state index contributed by atoms with van der Waals surface area (Å²) in [5.74, 6) is 1.55. The Kier molecular flexibility index (Phi) is 1.85. The van der Waals surface area contributed by atoms with Crippen LogP contribution in [-0.4, -0.2) is 19.9 Å². The molecule has 0 amide bonds. The average molecular weight is 200 g/mol. The predicted octanol–water partition coefficient (Wildman–Crippen LogP) is 1.63. The van der Waals surface area contributed by atoms with E-state index in [1.807, 2.05) is 0 Å². The molecule has 2 aliphatic rings. The normalized spacial score (nSPS) is 47.5. The Morgan fingerprint density at radius 3 is 2.77 bits per heavy atom. The summed E-state index contributed by atoms with van der Waals surface area (Å²) in [5.41, 5.74) is 0.00752. The van der Waals surface area contributed by atoms with Gasteiger partial charge in [0, 0.05) is 0 Å². The second-order valence-electron chi connectivity index (χ2n) is 4.71. The van der Waals surface area contributed by atoms with Gasteiger partial charge in [-0.15, -0.1) is 0 Å². The highest BCUT2D eigenvalue weighted by atomic mass is 32.2. The standard InChI is InChI=1S/C10H16O2S/c1-8-4-3-5-9-6-13(11,12)7-10(8,9)2/h3-4,8-9H,5-7H2,1-2H3/t8-,9+,10+/m1/s1. The molecule has 0 aromatic carbocycles. The Morgan fingerprint density at radius 1 is 1.46 bits per heavy atom. The van der Waals surface area contributed by atoms with Crippen molar-refractivity contribution in [3.63, 3.8) is 0 Å². The van der Waals surface area contributed by atoms with Crippen LogP contribution >= 0.6 is 0 Å². The van der Waals surface area contributed by atoms with Crippen molar-refractivity contribution in [1.29, 1.82) is 0 Å². The van der Waals surface area contributed by atoms with E-state index in [0.717, 1.165) is 6.42 Å². The summed E-state index contributed by atoms with van der Waals surface area (Å²) in [5, 5.41) is 0. The van der Waals surface area contributed by atoms with Crippen molar-refractivity contribution in [3.8, 4) is 0 Å². The van der Waals surface area contributed by atoms with Gasteiger partial charge < -0.3 is 0 Å². The van der Waals surface area contributed by atoms with Crippen molar-refractivity contribution in [1.82, 2.24) is 0 Å². The van der Waals surface area contributed by atoms with E-state index in [0.29, 0.717) is 23.3 Å². The number of sulfone groups is 1. The first-order valence-corrected chi connectivity index (χ1v) is 6.63. The van der Waals surface area contributed by atoms with Gasteiger partial charge in [-0.05, 0) is 23.7 Å². The van der Waals surface area contributed by atoms with Crippen molar-refractivity contribution in [2.75, 3.05) is 11.5 Å². The minimum absolute atomic E-state index is 0.00752. The summed E-state index contributed by atoms with van der Waals surface area (Å²) in [6, 6.07) is 0. The Bertz CT molecular complexity index is 342. The molecule has 0 saturated carbocycles. The van der Waals surface area contributed by atoms with E-state index in [4.69, 9.17) is 0 Å². The lowest BCUT2D eigenvalue weighted by Crippen LogP contribution is -2.34. The molecule has 2 nitrogen and oxygen atoms in total. The summed E-state index contributed by atoms with van der Waals surface area (Å²) in [7, 11) is -2.76. The second kappa shape index (κ2) is 2.59. The molecule has 0 aromatic heterocycles. The van der Waals surface area contributed by atoms with E-state index in [2.05, 4.69) is 26.0 Å². The zero-order chi connectivity index (χ0) is 9.69. The van der Waals surface area contributed by atoms with Crippen LogP contribution in [0.2, 0.25) is 0 Å². The average Bonchev–Trinajstić information content (AvgIpc) is 2.22. The van der Waals surface area contributed by atoms with Crippen LogP contribution in [0.4, 0.5) is 0 Å². The third-order valence-electron chi connectivity index (χ3n) is 3.80. The molecule has 1 saturated heterocycles. The maximum absolute atomic E-state index is 11.5. The molecule has 2 rings (SSSR count). The van der Waals surface area contributed by atoms with E-state index >= 15 is 0 Å². The van der Waals surface area contributed by atoms with E-state index in [-0.39, 0.29) is 5.41 Å². The first-order chi connectivity index (χ1) is 5.94. The minimum Gasteiger partial charge on any atom is -0.229 e. The lowest BCUT2D eigenvalue weighted by molar-refractivity contribution is 0.182. The molecular weight excluding hydrogens is 184 g/mol. The monoisotopic (exact) mass is 200 g/mol. The zero-order valence-electron chi connectivity index (χ0n) is 8.16. The lowest BCUT2D eigenvalue weighted by Gasteiger charge is -2.37. The van der Waals surface area contributed by atoms with E-state index < -0.39 is 9.84 Å². The molecule has 3 atom stereocenters. The number of rotatable bonds is 0. The first-order valence-electron chi connectivity index (χ1n) is 4.81. The highest BCUT2D eigenvalue weighted by molar-refractivity contribution is 7.91. The van der Waals surface area contributed by atoms with Gasteiger partial charge in [0.25, 0.3) is 0 Å². The number of fused-ring (bicyclic) bond motifs is 1. The fourth-order valence-corrected chi connectivity index (χ4v) is 5.35. The van der Waals surface area contributed by atoms with Crippen LogP contribution < -0.4 is 0 Å². The van der Waals surface area contributed by atoms with Crippen LogP contribution in [0.5, 0.6) is 0 Å². The Balaban J connectivity index is 2.39. The molecule has 1 heterocycles. The molecule has 0 unspecified atom stereocenters. The third-order valence-corrected chi connectivity index (χ3v) is 5.78. The SMILES string of the molecule is C[C@@H]1C=CC[C@H]2CS(=O)(=O)C[C@]21C. The maximum atomic E-state index is 11.5. The van der Waals surface area contributed by atoms with Gasteiger partial charge in [0.2, 0.25) is 0 Å². The Labute approximate surface area is 79.9 Å². The smallest absolute Gasteiger partial charge is 0.151 e. The quantitative estimate of drug-likeness (QED) is 0.557. The summed E-state index contributed by atoms with van der Waals surface area (Å²) >= 11 is 0. The Morgan fingerprint density at radius 2 is 2.15 bits per heavy atom. The van der Waals surface area contributed by atoms with Crippen molar-refractivity contribution >= 4 is 9.84 Å². The van der Waals surface area contributed by atoms with Crippen LogP contribution in [0, 0.1) is 17.3 Å². The molecule has 74 valence electrons. The molecule has 0 bridgehead atoms. The van der Waals surface area contributed by atoms with Gasteiger partial charge in [0.1, 0.15) is 0 Å². The maximum Gasteiger partial charge on any atom is 0.151 e. The summed E-state index contributed by atoms with van der Waals surface area (Å²) < 4.78 is 23.0. The topological polar surface area (TPSA) is 34.1 Å². The second-order valence-corrected chi connectivity index (χ2v) is 6.82. The van der Waals surface area contributed by atoms with E-state index in [1.165, 1.54) is 0 Å². The van der Waals surface area contributed by atoms with Crippen LogP contribution in [-0.2, 0) is 9.84 Å². The van der Waals surface area contributed by atoms with Gasteiger partial charge in [-0.2, -0.15) is 0 Å². The van der Waals surface area contributed by atoms with Crippen LogP contribution in [0.3, 0.4) is 0 Å². The van der Waals surface area contributed by atoms with Gasteiger partial charge in [-0.3, -0.25) is 0 Å². The zero-order valence-corrected chi connectivity index (χ0v) is 8.97. The molecule has 1 aliphatic heterocycles. The summed E-state index contributed by atoms with van der Waals surface area (Å²) in [4.78, 5) is 0. The largest absolute Gasteiger partial charge is 0.229 e. The van der Waals surface area contributed by atoms with Crippen molar-refractivity contribution < 1.29 is 8.42 Å². The number of hydrogen-bond acceptors (Lipinski definition) is 2. The van der Waals surface area contributed by atoms with Crippen molar-refractivity contribution in [2.45, 2.75) is 20.3 Å². The third kappa shape index (κ3) is 1.33. The number of allylic oxidation sites excluding steroid dienone is 2. The molecular formula is C10H16O2S. The van der Waals surface area contributed by atoms with Crippen LogP contribution in [0.25, 0.3) is 0 Å². The Hall–Kier alpha value is -0.310. The summed E-state index contributed by atoms with van der Waals surface area (Å²) in [6.45, 7) is 4.25. The first kappa shape index (κ1) is 9.25.